The lowest BCUT2D eigenvalue weighted by atomic mass is 10.0. The summed E-state index contributed by atoms with van der Waals surface area (Å²) in [7, 11) is 0. The number of benzene rings is 3. The fourth-order valence-corrected chi connectivity index (χ4v) is 4.62. The third-order valence-electron chi connectivity index (χ3n) is 6.53. The standard InChI is InChI=1S/C28H25N3O4/c1-18-7-2-3-10-24(18)31-27(34)22-12-11-20(16-23(22)28(31)35)25(32)29-17-19-8-6-9-21(15-19)26(33)30-13-4-5-14-30/h2-3,6-12,15-16H,4-5,13-14,17H2,1H3,(H,29,32). The maximum absolute atomic E-state index is 13.1. The molecule has 7 heteroatoms. The Kier molecular flexibility index (Phi) is 5.91. The van der Waals surface area contributed by atoms with Gasteiger partial charge in [-0.25, -0.2) is 4.90 Å². The average Bonchev–Trinajstić information content (AvgIpc) is 3.50. The highest BCUT2D eigenvalue weighted by atomic mass is 16.2. The fraction of sp³-hybridized carbons (Fsp3) is 0.214. The molecule has 0 saturated carbocycles. The molecule has 176 valence electrons. The number of fused-ring (bicyclic) bond motifs is 1. The van der Waals surface area contributed by atoms with Gasteiger partial charge in [0.05, 0.1) is 16.8 Å². The Hall–Kier alpha value is -4.26. The first-order valence-electron chi connectivity index (χ1n) is 11.7. The summed E-state index contributed by atoms with van der Waals surface area (Å²) in [5.41, 5.74) is 3.55. The van der Waals surface area contributed by atoms with E-state index in [1.165, 1.54) is 12.1 Å². The Labute approximate surface area is 203 Å². The number of anilines is 1. The maximum atomic E-state index is 13.1. The van der Waals surface area contributed by atoms with Crippen LogP contribution in [-0.2, 0) is 6.54 Å². The Morgan fingerprint density at radius 1 is 0.829 bits per heavy atom. The van der Waals surface area contributed by atoms with Crippen LogP contribution >= 0.6 is 0 Å². The van der Waals surface area contributed by atoms with Crippen LogP contribution in [0.3, 0.4) is 0 Å². The van der Waals surface area contributed by atoms with Crippen molar-refractivity contribution in [3.05, 3.63) is 100 Å². The molecule has 5 rings (SSSR count). The first-order valence-corrected chi connectivity index (χ1v) is 11.7. The van der Waals surface area contributed by atoms with Crippen LogP contribution in [0.1, 0.15) is 65.4 Å². The van der Waals surface area contributed by atoms with E-state index < -0.39 is 11.8 Å². The number of hydrogen-bond donors (Lipinski definition) is 1. The van der Waals surface area contributed by atoms with Gasteiger partial charge in [0.15, 0.2) is 0 Å². The number of carbonyl (C=O) groups is 4. The number of carbonyl (C=O) groups excluding carboxylic acids is 4. The zero-order chi connectivity index (χ0) is 24.5. The van der Waals surface area contributed by atoms with Gasteiger partial charge in [0, 0.05) is 30.8 Å². The molecule has 4 amide bonds. The number of nitrogens with one attached hydrogen (secondary N) is 1. The Morgan fingerprint density at radius 3 is 2.34 bits per heavy atom. The molecule has 2 heterocycles. The van der Waals surface area contributed by atoms with E-state index in [1.807, 2.05) is 36.1 Å². The minimum atomic E-state index is -0.443. The number of amides is 4. The van der Waals surface area contributed by atoms with Crippen molar-refractivity contribution in [2.45, 2.75) is 26.3 Å². The number of hydrogen-bond acceptors (Lipinski definition) is 4. The van der Waals surface area contributed by atoms with Crippen LogP contribution in [0.2, 0.25) is 0 Å². The second-order valence-corrected chi connectivity index (χ2v) is 8.87. The minimum Gasteiger partial charge on any atom is -0.348 e. The third kappa shape index (κ3) is 4.21. The zero-order valence-corrected chi connectivity index (χ0v) is 19.4. The molecule has 35 heavy (non-hydrogen) atoms. The molecular formula is C28H25N3O4. The number of para-hydroxylation sites is 1. The van der Waals surface area contributed by atoms with E-state index in [9.17, 15) is 19.2 Å². The van der Waals surface area contributed by atoms with E-state index in [0.29, 0.717) is 16.8 Å². The summed E-state index contributed by atoms with van der Waals surface area (Å²) in [4.78, 5) is 54.5. The van der Waals surface area contributed by atoms with Gasteiger partial charge in [-0.05, 0) is 67.3 Å². The molecule has 0 atom stereocenters. The number of aryl methyl sites for hydroxylation is 1. The van der Waals surface area contributed by atoms with Crippen LogP contribution in [0.5, 0.6) is 0 Å². The van der Waals surface area contributed by atoms with E-state index in [1.54, 1.807) is 30.3 Å². The maximum Gasteiger partial charge on any atom is 0.266 e. The van der Waals surface area contributed by atoms with Crippen molar-refractivity contribution in [1.82, 2.24) is 10.2 Å². The topological polar surface area (TPSA) is 86.8 Å². The summed E-state index contributed by atoms with van der Waals surface area (Å²) in [6.07, 6.45) is 2.05. The third-order valence-corrected chi connectivity index (χ3v) is 6.53. The molecule has 3 aromatic carbocycles. The van der Waals surface area contributed by atoms with Crippen molar-refractivity contribution >= 4 is 29.3 Å². The van der Waals surface area contributed by atoms with E-state index in [2.05, 4.69) is 5.32 Å². The summed E-state index contributed by atoms with van der Waals surface area (Å²) in [6.45, 7) is 3.63. The molecule has 0 aromatic heterocycles. The molecule has 0 unspecified atom stereocenters. The van der Waals surface area contributed by atoms with Gasteiger partial charge in [0.1, 0.15) is 0 Å². The number of likely N-dealkylation sites (tertiary alicyclic amines) is 1. The molecule has 1 N–H and O–H groups in total. The van der Waals surface area contributed by atoms with Gasteiger partial charge in [-0.2, -0.15) is 0 Å². The lowest BCUT2D eigenvalue weighted by Gasteiger charge is -2.16. The molecule has 3 aromatic rings. The van der Waals surface area contributed by atoms with Crippen LogP contribution in [-0.4, -0.2) is 41.6 Å². The van der Waals surface area contributed by atoms with Crippen molar-refractivity contribution in [1.29, 1.82) is 0 Å². The molecule has 1 saturated heterocycles. The number of rotatable bonds is 5. The van der Waals surface area contributed by atoms with E-state index in [-0.39, 0.29) is 29.5 Å². The van der Waals surface area contributed by atoms with Crippen molar-refractivity contribution in [2.75, 3.05) is 18.0 Å². The van der Waals surface area contributed by atoms with Gasteiger partial charge in [-0.15, -0.1) is 0 Å². The van der Waals surface area contributed by atoms with E-state index in [4.69, 9.17) is 0 Å². The highest BCUT2D eigenvalue weighted by Crippen LogP contribution is 2.31. The molecule has 0 radical (unpaired) electrons. The van der Waals surface area contributed by atoms with Crippen LogP contribution < -0.4 is 10.2 Å². The van der Waals surface area contributed by atoms with Crippen LogP contribution in [0, 0.1) is 6.92 Å². The molecule has 0 aliphatic carbocycles. The molecule has 2 aliphatic rings. The first kappa shape index (κ1) is 22.5. The second kappa shape index (κ2) is 9.18. The zero-order valence-electron chi connectivity index (χ0n) is 19.4. The predicted molar refractivity (Wildman–Crippen MR) is 132 cm³/mol. The Balaban J connectivity index is 1.30. The van der Waals surface area contributed by atoms with Crippen molar-refractivity contribution in [3.63, 3.8) is 0 Å². The predicted octanol–water partition coefficient (Wildman–Crippen LogP) is 3.96. The quantitative estimate of drug-likeness (QED) is 0.576. The first-order chi connectivity index (χ1) is 16.9. The molecule has 0 spiro atoms. The summed E-state index contributed by atoms with van der Waals surface area (Å²) in [5, 5.41) is 2.85. The van der Waals surface area contributed by atoms with Gasteiger partial charge in [0.25, 0.3) is 23.6 Å². The molecular weight excluding hydrogens is 442 g/mol. The number of imide groups is 1. The highest BCUT2D eigenvalue weighted by Gasteiger charge is 2.37. The highest BCUT2D eigenvalue weighted by molar-refractivity contribution is 6.35. The second-order valence-electron chi connectivity index (χ2n) is 8.87. The van der Waals surface area contributed by atoms with E-state index in [0.717, 1.165) is 42.0 Å². The van der Waals surface area contributed by atoms with Crippen molar-refractivity contribution < 1.29 is 19.2 Å². The summed E-state index contributed by atoms with van der Waals surface area (Å²) in [5.74, 6) is -1.19. The molecule has 0 bridgehead atoms. The van der Waals surface area contributed by atoms with Crippen LogP contribution in [0.4, 0.5) is 5.69 Å². The lowest BCUT2D eigenvalue weighted by Crippen LogP contribution is -2.30. The minimum absolute atomic E-state index is 0.00989. The monoisotopic (exact) mass is 467 g/mol. The van der Waals surface area contributed by atoms with E-state index >= 15 is 0 Å². The van der Waals surface area contributed by atoms with Gasteiger partial charge in [0.2, 0.25) is 0 Å². The lowest BCUT2D eigenvalue weighted by molar-refractivity contribution is 0.0791. The van der Waals surface area contributed by atoms with Gasteiger partial charge < -0.3 is 10.2 Å². The molecule has 2 aliphatic heterocycles. The number of nitrogens with zero attached hydrogens (tertiary/aromatic N) is 2. The SMILES string of the molecule is Cc1ccccc1N1C(=O)c2ccc(C(=O)NCc3cccc(C(=O)N4CCCC4)c3)cc2C1=O. The summed E-state index contributed by atoms with van der Waals surface area (Å²) in [6, 6.07) is 19.0. The fourth-order valence-electron chi connectivity index (χ4n) is 4.62. The van der Waals surface area contributed by atoms with Crippen molar-refractivity contribution in [2.24, 2.45) is 0 Å². The normalized spacial score (nSPS) is 14.9. The van der Waals surface area contributed by atoms with Crippen molar-refractivity contribution in [3.8, 4) is 0 Å². The molecule has 1 fully saturated rings. The smallest absolute Gasteiger partial charge is 0.266 e. The largest absolute Gasteiger partial charge is 0.348 e. The Morgan fingerprint density at radius 2 is 1.57 bits per heavy atom. The average molecular weight is 468 g/mol. The van der Waals surface area contributed by atoms with Gasteiger partial charge >= 0.3 is 0 Å². The van der Waals surface area contributed by atoms with Crippen LogP contribution in [0.15, 0.2) is 66.7 Å². The Bertz CT molecular complexity index is 1360. The molecule has 7 nitrogen and oxygen atoms in total. The summed E-state index contributed by atoms with van der Waals surface area (Å²) < 4.78 is 0. The van der Waals surface area contributed by atoms with Crippen LogP contribution in [0.25, 0.3) is 0 Å². The summed E-state index contributed by atoms with van der Waals surface area (Å²) >= 11 is 0. The van der Waals surface area contributed by atoms with Gasteiger partial charge in [-0.1, -0.05) is 30.3 Å². The van der Waals surface area contributed by atoms with Gasteiger partial charge in [-0.3, -0.25) is 19.2 Å².